The number of carbonyl (C=O) groups is 1. The molecule has 3 aromatic rings. The summed E-state index contributed by atoms with van der Waals surface area (Å²) in [6.45, 7) is 4.45. The number of oxazole rings is 1. The molecule has 0 spiro atoms. The quantitative estimate of drug-likeness (QED) is 0.586. The van der Waals surface area contributed by atoms with E-state index in [1.807, 2.05) is 61.5 Å². The number of aromatic nitrogens is 1. The number of amides is 1. The van der Waals surface area contributed by atoms with E-state index < -0.39 is 0 Å². The zero-order chi connectivity index (χ0) is 20.9. The third kappa shape index (κ3) is 4.73. The van der Waals surface area contributed by atoms with Crippen LogP contribution in [0, 0.1) is 12.8 Å². The Morgan fingerprint density at radius 2 is 1.83 bits per heavy atom. The maximum atomic E-state index is 12.6. The summed E-state index contributed by atoms with van der Waals surface area (Å²) < 4.78 is 11.6. The van der Waals surface area contributed by atoms with Crippen molar-refractivity contribution in [2.24, 2.45) is 5.92 Å². The topological polar surface area (TPSA) is 64.4 Å². The normalized spacial score (nSPS) is 18.7. The van der Waals surface area contributed by atoms with Gasteiger partial charge in [-0.25, -0.2) is 4.98 Å². The molecule has 2 atom stereocenters. The first-order chi connectivity index (χ1) is 14.6. The minimum atomic E-state index is -0.0131. The Morgan fingerprint density at radius 1 is 1.10 bits per heavy atom. The Bertz CT molecular complexity index is 979. The van der Waals surface area contributed by atoms with Crippen LogP contribution in [0.5, 0.6) is 5.75 Å². The first kappa shape index (κ1) is 20.2. The van der Waals surface area contributed by atoms with Crippen molar-refractivity contribution < 1.29 is 13.9 Å². The third-order valence-electron chi connectivity index (χ3n) is 5.83. The number of carbonyl (C=O) groups excluding carboxylic acids is 1. The lowest BCUT2D eigenvalue weighted by Crippen LogP contribution is -2.41. The van der Waals surface area contributed by atoms with Gasteiger partial charge < -0.3 is 14.5 Å². The molecule has 1 aromatic heterocycles. The van der Waals surface area contributed by atoms with Crippen LogP contribution >= 0.6 is 0 Å². The summed E-state index contributed by atoms with van der Waals surface area (Å²) >= 11 is 0. The van der Waals surface area contributed by atoms with Gasteiger partial charge >= 0.3 is 0 Å². The largest absolute Gasteiger partial charge is 0.487 e. The van der Waals surface area contributed by atoms with Gasteiger partial charge in [0.25, 0.3) is 5.91 Å². The molecule has 1 N–H and O–H groups in total. The van der Waals surface area contributed by atoms with Gasteiger partial charge in [0.1, 0.15) is 23.8 Å². The van der Waals surface area contributed by atoms with Gasteiger partial charge in [0.2, 0.25) is 5.89 Å². The summed E-state index contributed by atoms with van der Waals surface area (Å²) in [6, 6.07) is 17.3. The van der Waals surface area contributed by atoms with Crippen molar-refractivity contribution in [2.75, 3.05) is 0 Å². The molecule has 1 saturated carbocycles. The lowest BCUT2D eigenvalue weighted by atomic mass is 9.86. The van der Waals surface area contributed by atoms with Crippen LogP contribution in [0.3, 0.4) is 0 Å². The number of hydrogen-bond donors (Lipinski definition) is 1. The average Bonchev–Trinajstić information content (AvgIpc) is 3.15. The van der Waals surface area contributed by atoms with E-state index in [4.69, 9.17) is 9.15 Å². The molecule has 0 bridgehead atoms. The van der Waals surface area contributed by atoms with Gasteiger partial charge in [-0.1, -0.05) is 38.0 Å². The van der Waals surface area contributed by atoms with Crippen LogP contribution in [-0.2, 0) is 6.61 Å². The first-order valence-corrected chi connectivity index (χ1v) is 10.7. The highest BCUT2D eigenvalue weighted by Gasteiger charge is 2.23. The first-order valence-electron chi connectivity index (χ1n) is 10.7. The van der Waals surface area contributed by atoms with Crippen LogP contribution < -0.4 is 10.1 Å². The van der Waals surface area contributed by atoms with E-state index in [1.54, 1.807) is 0 Å². The number of hydrogen-bond acceptors (Lipinski definition) is 4. The van der Waals surface area contributed by atoms with Gasteiger partial charge in [-0.2, -0.15) is 0 Å². The zero-order valence-corrected chi connectivity index (χ0v) is 17.6. The molecule has 156 valence electrons. The standard InChI is InChI=1S/C25H28N2O3/c1-17-8-6-7-11-22(17)26-24(28)19-12-14-20(15-13-19)25-27-23(18(2)30-25)16-29-21-9-4-3-5-10-21/h3-5,9-10,12-15,17,22H,6-8,11,16H2,1-2H3,(H,26,28)/t17-,22+/m1/s1. The minimum Gasteiger partial charge on any atom is -0.487 e. The van der Waals surface area contributed by atoms with Crippen molar-refractivity contribution in [2.45, 2.75) is 52.2 Å². The fraction of sp³-hybridized carbons (Fsp3) is 0.360. The SMILES string of the molecule is Cc1oc(-c2ccc(C(=O)N[C@H]3CCCC[C@H]3C)cc2)nc1COc1ccccc1. The molecule has 4 rings (SSSR count). The maximum absolute atomic E-state index is 12.6. The zero-order valence-electron chi connectivity index (χ0n) is 17.6. The summed E-state index contributed by atoms with van der Waals surface area (Å²) in [7, 11) is 0. The second-order valence-corrected chi connectivity index (χ2v) is 8.04. The molecule has 5 heteroatoms. The molecule has 0 unspecified atom stereocenters. The molecule has 30 heavy (non-hydrogen) atoms. The lowest BCUT2D eigenvalue weighted by Gasteiger charge is -2.29. The van der Waals surface area contributed by atoms with Crippen molar-refractivity contribution in [3.8, 4) is 17.2 Å². The van der Waals surface area contributed by atoms with Crippen LogP contribution in [-0.4, -0.2) is 16.9 Å². The number of aryl methyl sites for hydroxylation is 1. The average molecular weight is 405 g/mol. The Kier molecular flexibility index (Phi) is 6.17. The summed E-state index contributed by atoms with van der Waals surface area (Å²) in [6.07, 6.45) is 4.70. The molecule has 0 radical (unpaired) electrons. The second kappa shape index (κ2) is 9.16. The van der Waals surface area contributed by atoms with E-state index in [9.17, 15) is 4.79 Å². The Balaban J connectivity index is 1.40. The second-order valence-electron chi connectivity index (χ2n) is 8.04. The van der Waals surface area contributed by atoms with Crippen LogP contribution in [0.4, 0.5) is 0 Å². The maximum Gasteiger partial charge on any atom is 0.251 e. The predicted molar refractivity (Wildman–Crippen MR) is 116 cm³/mol. The van der Waals surface area contributed by atoms with E-state index in [-0.39, 0.29) is 11.9 Å². The van der Waals surface area contributed by atoms with E-state index in [0.29, 0.717) is 24.0 Å². The molecule has 1 aliphatic carbocycles. The fourth-order valence-electron chi connectivity index (χ4n) is 3.90. The summed E-state index contributed by atoms with van der Waals surface area (Å²) in [4.78, 5) is 17.2. The summed E-state index contributed by atoms with van der Waals surface area (Å²) in [5, 5.41) is 3.20. The van der Waals surface area contributed by atoms with E-state index >= 15 is 0 Å². The minimum absolute atomic E-state index is 0.0131. The summed E-state index contributed by atoms with van der Waals surface area (Å²) in [5.74, 6) is 2.58. The molecular formula is C25H28N2O3. The number of para-hydroxylation sites is 1. The number of ether oxygens (including phenoxy) is 1. The number of nitrogens with one attached hydrogen (secondary N) is 1. The van der Waals surface area contributed by atoms with E-state index in [0.717, 1.165) is 29.2 Å². The third-order valence-corrected chi connectivity index (χ3v) is 5.83. The van der Waals surface area contributed by atoms with Crippen LogP contribution in [0.2, 0.25) is 0 Å². The lowest BCUT2D eigenvalue weighted by molar-refractivity contribution is 0.0910. The number of rotatable bonds is 6. The number of nitrogens with zero attached hydrogens (tertiary/aromatic N) is 1. The molecule has 2 aromatic carbocycles. The molecule has 0 saturated heterocycles. The smallest absolute Gasteiger partial charge is 0.251 e. The van der Waals surface area contributed by atoms with Crippen molar-refractivity contribution >= 4 is 5.91 Å². The van der Waals surface area contributed by atoms with Crippen LogP contribution in [0.15, 0.2) is 59.0 Å². The molecule has 1 heterocycles. The van der Waals surface area contributed by atoms with Crippen molar-refractivity contribution in [3.05, 3.63) is 71.6 Å². The van der Waals surface area contributed by atoms with Gasteiger partial charge in [-0.05, 0) is 62.1 Å². The van der Waals surface area contributed by atoms with Gasteiger partial charge in [-0.3, -0.25) is 4.79 Å². The molecule has 1 amide bonds. The molecule has 1 fully saturated rings. The molecular weight excluding hydrogens is 376 g/mol. The fourth-order valence-corrected chi connectivity index (χ4v) is 3.90. The Morgan fingerprint density at radius 3 is 2.57 bits per heavy atom. The highest BCUT2D eigenvalue weighted by Crippen LogP contribution is 2.25. The van der Waals surface area contributed by atoms with Crippen molar-refractivity contribution in [1.29, 1.82) is 0 Å². The number of benzene rings is 2. The Labute approximate surface area is 177 Å². The predicted octanol–water partition coefficient (Wildman–Crippen LogP) is 5.54. The van der Waals surface area contributed by atoms with Gasteiger partial charge in [-0.15, -0.1) is 0 Å². The Hall–Kier alpha value is -3.08. The van der Waals surface area contributed by atoms with Gasteiger partial charge in [0, 0.05) is 17.2 Å². The monoisotopic (exact) mass is 404 g/mol. The molecule has 5 nitrogen and oxygen atoms in total. The summed E-state index contributed by atoms with van der Waals surface area (Å²) in [5.41, 5.74) is 2.26. The molecule has 1 aliphatic rings. The van der Waals surface area contributed by atoms with Crippen LogP contribution in [0.25, 0.3) is 11.5 Å². The van der Waals surface area contributed by atoms with Crippen LogP contribution in [0.1, 0.15) is 54.4 Å². The van der Waals surface area contributed by atoms with Gasteiger partial charge in [0.05, 0.1) is 0 Å². The van der Waals surface area contributed by atoms with E-state index in [2.05, 4.69) is 17.2 Å². The highest BCUT2D eigenvalue weighted by atomic mass is 16.5. The van der Waals surface area contributed by atoms with Gasteiger partial charge in [0.15, 0.2) is 0 Å². The highest BCUT2D eigenvalue weighted by molar-refractivity contribution is 5.94. The molecule has 0 aliphatic heterocycles. The van der Waals surface area contributed by atoms with Crippen molar-refractivity contribution in [3.63, 3.8) is 0 Å². The van der Waals surface area contributed by atoms with Crippen molar-refractivity contribution in [1.82, 2.24) is 10.3 Å². The van der Waals surface area contributed by atoms with E-state index in [1.165, 1.54) is 19.3 Å².